The van der Waals surface area contributed by atoms with Crippen molar-refractivity contribution < 1.29 is 9.90 Å². The molecule has 1 aromatic heterocycles. The maximum Gasteiger partial charge on any atom is 0.308 e. The van der Waals surface area contributed by atoms with Gasteiger partial charge >= 0.3 is 5.97 Å². The van der Waals surface area contributed by atoms with Crippen LogP contribution < -0.4 is 5.32 Å². The third-order valence-corrected chi connectivity index (χ3v) is 6.75. The van der Waals surface area contributed by atoms with E-state index in [0.29, 0.717) is 11.7 Å². The molecule has 6 heteroatoms. The summed E-state index contributed by atoms with van der Waals surface area (Å²) in [6.45, 7) is 0. The molecule has 2 N–H and O–H groups in total. The molecule has 0 aliphatic heterocycles. The Kier molecular flexibility index (Phi) is 4.63. The summed E-state index contributed by atoms with van der Waals surface area (Å²) in [5.41, 5.74) is 2.91. The van der Waals surface area contributed by atoms with Crippen LogP contribution in [0.4, 0.5) is 5.82 Å². The lowest BCUT2D eigenvalue weighted by Gasteiger charge is -2.47. The van der Waals surface area contributed by atoms with E-state index in [2.05, 4.69) is 27.4 Å². The van der Waals surface area contributed by atoms with E-state index in [9.17, 15) is 9.90 Å². The van der Waals surface area contributed by atoms with Crippen molar-refractivity contribution in [3.8, 4) is 11.1 Å². The number of halogens is 1. The molecule has 6 rings (SSSR count). The van der Waals surface area contributed by atoms with Gasteiger partial charge in [-0.15, -0.1) is 0 Å². The fourth-order valence-corrected chi connectivity index (χ4v) is 5.37. The predicted octanol–water partition coefficient (Wildman–Crippen LogP) is 5.25. The molecule has 3 aromatic rings. The number of carboxylic acid groups (broad SMARTS) is 1. The average Bonchev–Trinajstić information content (AvgIpc) is 2.74. The number of hydrogen-bond acceptors (Lipinski definition) is 4. The third-order valence-electron chi connectivity index (χ3n) is 6.58. The molecule has 2 aromatic carbocycles. The molecule has 148 valence electrons. The monoisotopic (exact) mass is 407 g/mol. The summed E-state index contributed by atoms with van der Waals surface area (Å²) in [4.78, 5) is 20.8. The molecule has 2 unspecified atom stereocenters. The quantitative estimate of drug-likeness (QED) is 0.577. The molecular formula is C23H22ClN3O2. The van der Waals surface area contributed by atoms with E-state index >= 15 is 0 Å². The summed E-state index contributed by atoms with van der Waals surface area (Å²) in [6.07, 6.45) is 4.15. The van der Waals surface area contributed by atoms with Crippen molar-refractivity contribution in [2.24, 2.45) is 17.8 Å². The predicted molar refractivity (Wildman–Crippen MR) is 114 cm³/mol. The second-order valence-corrected chi connectivity index (χ2v) is 8.49. The standard InChI is InChI=1S/C23H22ClN3O2/c24-23-25-18-12-16(13-4-2-1-3-5-13)10-11-17(18)21(27-23)26-20-15-8-6-14(7-9-15)19(20)22(28)29/h1-5,10-12,14-15,19-20H,6-9H2,(H,28,29)(H,25,26,27). The van der Waals surface area contributed by atoms with Crippen molar-refractivity contribution in [1.29, 1.82) is 0 Å². The van der Waals surface area contributed by atoms with E-state index in [0.717, 1.165) is 47.7 Å². The van der Waals surface area contributed by atoms with Gasteiger partial charge in [-0.25, -0.2) is 9.97 Å². The van der Waals surface area contributed by atoms with E-state index in [1.165, 1.54) is 0 Å². The summed E-state index contributed by atoms with van der Waals surface area (Å²) in [5, 5.41) is 14.3. The van der Waals surface area contributed by atoms with Crippen LogP contribution in [-0.2, 0) is 4.79 Å². The maximum absolute atomic E-state index is 12.0. The summed E-state index contributed by atoms with van der Waals surface area (Å²) in [7, 11) is 0. The molecule has 3 fully saturated rings. The molecule has 0 amide bonds. The molecule has 2 bridgehead atoms. The molecule has 3 saturated carbocycles. The number of nitrogens with zero attached hydrogens (tertiary/aromatic N) is 2. The Balaban J connectivity index is 1.54. The van der Waals surface area contributed by atoms with Crippen LogP contribution in [0.3, 0.4) is 0 Å². The number of nitrogens with one attached hydrogen (secondary N) is 1. The van der Waals surface area contributed by atoms with Crippen molar-refractivity contribution in [3.63, 3.8) is 0 Å². The Morgan fingerprint density at radius 2 is 1.69 bits per heavy atom. The SMILES string of the molecule is O=C(O)C1C2CCC(CC2)C1Nc1nc(Cl)nc2cc(-c3ccccc3)ccc12. The van der Waals surface area contributed by atoms with Gasteiger partial charge in [0.1, 0.15) is 5.82 Å². The molecule has 1 heterocycles. The Labute approximate surface area is 174 Å². The first-order chi connectivity index (χ1) is 14.1. The van der Waals surface area contributed by atoms with Crippen LogP contribution in [0.1, 0.15) is 25.7 Å². The first-order valence-electron chi connectivity index (χ1n) is 10.1. The topological polar surface area (TPSA) is 75.1 Å². The van der Waals surface area contributed by atoms with Gasteiger partial charge in [-0.2, -0.15) is 0 Å². The van der Waals surface area contributed by atoms with Gasteiger partial charge in [0.2, 0.25) is 5.28 Å². The average molecular weight is 408 g/mol. The van der Waals surface area contributed by atoms with E-state index in [-0.39, 0.29) is 23.2 Å². The number of hydrogen-bond donors (Lipinski definition) is 2. The fourth-order valence-electron chi connectivity index (χ4n) is 5.19. The number of benzene rings is 2. The molecule has 2 atom stereocenters. The van der Waals surface area contributed by atoms with E-state index in [1.807, 2.05) is 36.4 Å². The third kappa shape index (κ3) is 3.33. The largest absolute Gasteiger partial charge is 0.481 e. The number of aromatic nitrogens is 2. The molecule has 5 nitrogen and oxygen atoms in total. The summed E-state index contributed by atoms with van der Waals surface area (Å²) < 4.78 is 0. The van der Waals surface area contributed by atoms with Gasteiger partial charge in [0.25, 0.3) is 0 Å². The van der Waals surface area contributed by atoms with Crippen molar-refractivity contribution in [1.82, 2.24) is 9.97 Å². The highest BCUT2D eigenvalue weighted by molar-refractivity contribution is 6.28. The summed E-state index contributed by atoms with van der Waals surface area (Å²) in [5.74, 6) is 0.128. The minimum Gasteiger partial charge on any atom is -0.481 e. The van der Waals surface area contributed by atoms with Gasteiger partial charge in [0.05, 0.1) is 11.4 Å². The van der Waals surface area contributed by atoms with Crippen LogP contribution in [-0.4, -0.2) is 27.1 Å². The first-order valence-corrected chi connectivity index (χ1v) is 10.5. The van der Waals surface area contributed by atoms with E-state index in [1.54, 1.807) is 0 Å². The minimum absolute atomic E-state index is 0.122. The summed E-state index contributed by atoms with van der Waals surface area (Å²) in [6, 6.07) is 16.0. The van der Waals surface area contributed by atoms with E-state index in [4.69, 9.17) is 11.6 Å². The van der Waals surface area contributed by atoms with E-state index < -0.39 is 5.97 Å². The number of rotatable bonds is 4. The Bertz CT molecular complexity index is 1060. The lowest BCUT2D eigenvalue weighted by Crippen LogP contribution is -2.51. The van der Waals surface area contributed by atoms with Crippen LogP contribution >= 0.6 is 11.6 Å². The lowest BCUT2D eigenvalue weighted by molar-refractivity contribution is -0.148. The number of carbonyl (C=O) groups is 1. The minimum atomic E-state index is -0.715. The lowest BCUT2D eigenvalue weighted by atomic mass is 9.61. The van der Waals surface area contributed by atoms with Crippen LogP contribution in [0.15, 0.2) is 48.5 Å². The number of aliphatic carboxylic acids is 1. The molecule has 0 saturated heterocycles. The fraction of sp³-hybridized carbons (Fsp3) is 0.348. The number of carboxylic acids is 1. The van der Waals surface area contributed by atoms with Crippen LogP contribution in [0.2, 0.25) is 5.28 Å². The van der Waals surface area contributed by atoms with Gasteiger partial charge in [0, 0.05) is 11.4 Å². The summed E-state index contributed by atoms with van der Waals surface area (Å²) >= 11 is 6.24. The molecule has 3 aliphatic rings. The van der Waals surface area contributed by atoms with Crippen molar-refractivity contribution >= 4 is 34.3 Å². The van der Waals surface area contributed by atoms with Gasteiger partial charge < -0.3 is 10.4 Å². The molecule has 0 spiro atoms. The van der Waals surface area contributed by atoms with Gasteiger partial charge in [0.15, 0.2) is 0 Å². The van der Waals surface area contributed by atoms with Crippen molar-refractivity contribution in [2.75, 3.05) is 5.32 Å². The normalized spacial score (nSPS) is 25.8. The van der Waals surface area contributed by atoms with Gasteiger partial charge in [-0.1, -0.05) is 36.4 Å². The maximum atomic E-state index is 12.0. The number of anilines is 1. The van der Waals surface area contributed by atoms with Crippen LogP contribution in [0.25, 0.3) is 22.0 Å². The highest BCUT2D eigenvalue weighted by Crippen LogP contribution is 2.46. The van der Waals surface area contributed by atoms with Gasteiger partial charge in [-0.05, 0) is 72.4 Å². The highest BCUT2D eigenvalue weighted by Gasteiger charge is 2.47. The van der Waals surface area contributed by atoms with Gasteiger partial charge in [-0.3, -0.25) is 4.79 Å². The zero-order valence-electron chi connectivity index (χ0n) is 15.9. The second kappa shape index (κ2) is 7.30. The first kappa shape index (κ1) is 18.4. The molecular weight excluding hydrogens is 386 g/mol. The zero-order chi connectivity index (χ0) is 20.0. The van der Waals surface area contributed by atoms with Crippen molar-refractivity contribution in [2.45, 2.75) is 31.7 Å². The highest BCUT2D eigenvalue weighted by atomic mass is 35.5. The Morgan fingerprint density at radius 1 is 0.966 bits per heavy atom. The second-order valence-electron chi connectivity index (χ2n) is 8.15. The van der Waals surface area contributed by atoms with Crippen LogP contribution in [0, 0.1) is 17.8 Å². The number of fused-ring (bicyclic) bond motifs is 4. The molecule has 0 radical (unpaired) electrons. The van der Waals surface area contributed by atoms with Crippen LogP contribution in [0.5, 0.6) is 0 Å². The molecule has 29 heavy (non-hydrogen) atoms. The zero-order valence-corrected chi connectivity index (χ0v) is 16.6. The van der Waals surface area contributed by atoms with Crippen molar-refractivity contribution in [3.05, 3.63) is 53.8 Å². The molecule has 3 aliphatic carbocycles. The Hall–Kier alpha value is -2.66. The smallest absolute Gasteiger partial charge is 0.308 e. The Morgan fingerprint density at radius 3 is 2.41 bits per heavy atom.